The Morgan fingerprint density at radius 3 is 1.37 bits per heavy atom. The van der Waals surface area contributed by atoms with E-state index in [2.05, 4.69) is 164 Å². The molecule has 0 bridgehead atoms. The van der Waals surface area contributed by atoms with Crippen molar-refractivity contribution in [1.82, 2.24) is 0 Å². The van der Waals surface area contributed by atoms with E-state index in [1.807, 2.05) is 6.07 Å². The molecule has 0 amide bonds. The summed E-state index contributed by atoms with van der Waals surface area (Å²) < 4.78 is 1.46. The average Bonchev–Trinajstić information content (AvgIpc) is 3.68. The van der Waals surface area contributed by atoms with Crippen LogP contribution >= 0.6 is 0 Å². The third kappa shape index (κ3) is 6.49. The third-order valence-electron chi connectivity index (χ3n) is 6.42. The predicted octanol–water partition coefficient (Wildman–Crippen LogP) is 9.59. The molecule has 0 saturated heterocycles. The molecule has 0 spiro atoms. The molecular weight excluding hydrogens is 623 g/mol. The Balaban J connectivity index is 0.000000117. The van der Waals surface area contributed by atoms with Crippen molar-refractivity contribution in [3.05, 3.63) is 181 Å². The minimum Gasteiger partial charge on any atom is -0.176 e. The van der Waals surface area contributed by atoms with Crippen LogP contribution in [0.1, 0.15) is 11.1 Å². The summed E-state index contributed by atoms with van der Waals surface area (Å²) >= 11 is 1.08. The van der Waals surface area contributed by atoms with Crippen molar-refractivity contribution in [3.8, 4) is 11.1 Å². The first-order valence-corrected chi connectivity index (χ1v) is 14.6. The van der Waals surface area contributed by atoms with E-state index < -0.39 is 0 Å². The first kappa shape index (κ1) is 25.7. The summed E-state index contributed by atoms with van der Waals surface area (Å²) in [6.07, 6.45) is 0. The average molecular weight is 651 g/mol. The molecule has 38 heavy (non-hydrogen) atoms. The zero-order valence-electron chi connectivity index (χ0n) is 21.2. The smallest absolute Gasteiger partial charge is 0.0638 e. The van der Waals surface area contributed by atoms with Gasteiger partial charge in [-0.3, -0.25) is 0 Å². The maximum absolute atomic E-state index is 2.24. The maximum Gasteiger partial charge on any atom is -0.0638 e. The number of rotatable bonds is 3. The summed E-state index contributed by atoms with van der Waals surface area (Å²) in [5.41, 5.74) is 5.29. The van der Waals surface area contributed by atoms with E-state index in [1.165, 1.54) is 47.1 Å². The summed E-state index contributed by atoms with van der Waals surface area (Å²) in [6, 6.07) is 59.2. The molecule has 0 aliphatic rings. The van der Waals surface area contributed by atoms with Crippen LogP contribution in [0, 0.1) is 0 Å². The number of benzene rings is 5. The summed E-state index contributed by atoms with van der Waals surface area (Å²) in [5, 5.41) is 5.39. The van der Waals surface area contributed by atoms with Crippen molar-refractivity contribution in [1.29, 1.82) is 0 Å². The largest absolute Gasteiger partial charge is 0.176 e. The Morgan fingerprint density at radius 1 is 0.447 bits per heavy atom. The predicted molar refractivity (Wildman–Crippen MR) is 161 cm³/mol. The van der Waals surface area contributed by atoms with Gasteiger partial charge in [-0.1, -0.05) is 66.7 Å². The molecule has 0 atom stereocenters. The molecule has 0 unspecified atom stereocenters. The molecule has 0 aromatic heterocycles. The van der Waals surface area contributed by atoms with Crippen LogP contribution in [0.25, 0.3) is 32.7 Å². The molecule has 0 saturated carbocycles. The quantitative estimate of drug-likeness (QED) is 0.132. The van der Waals surface area contributed by atoms with Gasteiger partial charge in [-0.2, -0.15) is 23.8 Å². The summed E-state index contributed by atoms with van der Waals surface area (Å²) in [5.74, 6) is 0. The minimum atomic E-state index is 1.08. The van der Waals surface area contributed by atoms with Crippen LogP contribution in [0.3, 0.4) is 0 Å². The van der Waals surface area contributed by atoms with Gasteiger partial charge in [0, 0.05) is 0 Å². The van der Waals surface area contributed by atoms with Gasteiger partial charge in [0.25, 0.3) is 0 Å². The fraction of sp³-hybridized carbons (Fsp3) is 0. The summed E-state index contributed by atoms with van der Waals surface area (Å²) in [7, 11) is 0. The van der Waals surface area contributed by atoms with Gasteiger partial charge in [-0.25, -0.2) is 0 Å². The van der Waals surface area contributed by atoms with Crippen LogP contribution in [0.15, 0.2) is 170 Å². The molecule has 7 rings (SSSR count). The van der Waals surface area contributed by atoms with Gasteiger partial charge < -0.3 is 0 Å². The van der Waals surface area contributed by atoms with Gasteiger partial charge in [-0.05, 0) is 0 Å². The Morgan fingerprint density at radius 2 is 0.895 bits per heavy atom. The molecule has 180 valence electrons. The number of fused-ring (bicyclic) bond motifs is 3. The molecule has 0 aliphatic carbocycles. The van der Waals surface area contributed by atoms with Crippen LogP contribution in [0.5, 0.6) is 0 Å². The van der Waals surface area contributed by atoms with Crippen LogP contribution in [-0.2, 0) is 23.9 Å². The van der Waals surface area contributed by atoms with E-state index in [9.17, 15) is 0 Å². The second-order valence-electron chi connectivity index (χ2n) is 8.97. The standard InChI is InChI=1S/C13H9.C13H10.C11H9.Hf/c1-3-7-12-10(5-1)9-11-6-2-4-8-13(11)12;1-3-7-12(8-4-1)11-13-9-5-2-6-10-13;1-2-6-10(7-3-1)11-8-4-5-9-11;/h1-9H;1-10H;1-9H;/q-1;;-1;+2. The van der Waals surface area contributed by atoms with Crippen LogP contribution < -0.4 is 0 Å². The molecule has 0 heterocycles. The van der Waals surface area contributed by atoms with E-state index in [-0.39, 0.29) is 0 Å². The van der Waals surface area contributed by atoms with E-state index >= 15 is 0 Å². The van der Waals surface area contributed by atoms with Crippen molar-refractivity contribution >= 4 is 24.8 Å². The maximum atomic E-state index is 2.24. The zero-order valence-corrected chi connectivity index (χ0v) is 24.8. The van der Waals surface area contributed by atoms with Gasteiger partial charge in [0.1, 0.15) is 0 Å². The monoisotopic (exact) mass is 652 g/mol. The molecule has 7 aromatic carbocycles. The minimum absolute atomic E-state index is 1.08. The SMILES string of the molecule is [Hf+2]=[C](c1ccccc1)c1ccccc1.c1ccc(-c2ccc[cH-]2)cc1.c1ccc2c(c1)[cH-]c1ccccc12. The molecule has 7 aromatic rings. The first-order valence-electron chi connectivity index (χ1n) is 12.8. The number of hydrogen-bond donors (Lipinski definition) is 0. The molecule has 0 aliphatic heterocycles. The second kappa shape index (κ2) is 13.0. The molecular formula is C37H28Hf. The van der Waals surface area contributed by atoms with Crippen LogP contribution in [0.4, 0.5) is 0 Å². The van der Waals surface area contributed by atoms with Gasteiger partial charge in [0.05, 0.1) is 0 Å². The van der Waals surface area contributed by atoms with E-state index in [1.54, 1.807) is 0 Å². The molecule has 0 radical (unpaired) electrons. The van der Waals surface area contributed by atoms with Crippen LogP contribution in [-0.4, -0.2) is 3.26 Å². The third-order valence-corrected chi connectivity index (χ3v) is 8.49. The Bertz CT molecular complexity index is 1600. The van der Waals surface area contributed by atoms with E-state index in [0.717, 1.165) is 23.9 Å². The van der Waals surface area contributed by atoms with Gasteiger partial charge in [-0.15, -0.1) is 51.4 Å². The van der Waals surface area contributed by atoms with Crippen molar-refractivity contribution in [3.63, 3.8) is 0 Å². The topological polar surface area (TPSA) is 0 Å². The van der Waals surface area contributed by atoms with Crippen molar-refractivity contribution in [2.75, 3.05) is 0 Å². The summed E-state index contributed by atoms with van der Waals surface area (Å²) in [4.78, 5) is 0. The number of hydrogen-bond acceptors (Lipinski definition) is 0. The Kier molecular flexibility index (Phi) is 8.81. The van der Waals surface area contributed by atoms with E-state index in [0.29, 0.717) is 0 Å². The van der Waals surface area contributed by atoms with Gasteiger partial charge >= 0.3 is 98.9 Å². The van der Waals surface area contributed by atoms with Crippen molar-refractivity contribution in [2.45, 2.75) is 0 Å². The first-order chi connectivity index (χ1) is 18.8. The van der Waals surface area contributed by atoms with Crippen molar-refractivity contribution in [2.24, 2.45) is 0 Å². The molecule has 0 fully saturated rings. The Labute approximate surface area is 239 Å². The van der Waals surface area contributed by atoms with E-state index in [4.69, 9.17) is 0 Å². The van der Waals surface area contributed by atoms with Gasteiger partial charge in [0.15, 0.2) is 0 Å². The van der Waals surface area contributed by atoms with Crippen molar-refractivity contribution < 1.29 is 23.9 Å². The Hall–Kier alpha value is -3.94. The summed E-state index contributed by atoms with van der Waals surface area (Å²) in [6.45, 7) is 0. The zero-order chi connectivity index (χ0) is 26.0. The fourth-order valence-corrected chi connectivity index (χ4v) is 5.67. The van der Waals surface area contributed by atoms with Crippen LogP contribution in [0.2, 0.25) is 0 Å². The molecule has 0 nitrogen and oxygen atoms in total. The second-order valence-corrected chi connectivity index (χ2v) is 10.8. The normalized spacial score (nSPS) is 10.3. The molecule has 1 heteroatoms. The fourth-order valence-electron chi connectivity index (χ4n) is 4.48. The molecule has 0 N–H and O–H groups in total. The van der Waals surface area contributed by atoms with Gasteiger partial charge in [0.2, 0.25) is 0 Å².